The molecule has 12 heavy (non-hydrogen) atoms. The van der Waals surface area contributed by atoms with Gasteiger partial charge in [0.25, 0.3) is 0 Å². The number of esters is 1. The highest BCUT2D eigenvalue weighted by molar-refractivity contribution is 6.25. The Bertz CT molecular complexity index is 221. The van der Waals surface area contributed by atoms with Gasteiger partial charge in [-0.05, 0) is 11.3 Å². The molecular weight excluding hydrogens is 176 g/mol. The lowest BCUT2D eigenvalue weighted by Crippen LogP contribution is -2.07. The van der Waals surface area contributed by atoms with Crippen LogP contribution >= 0.6 is 11.6 Å². The summed E-state index contributed by atoms with van der Waals surface area (Å²) in [5.41, 5.74) is 1.48. The Morgan fingerprint density at radius 1 is 1.58 bits per heavy atom. The standard InChI is InChI=1S/C9H13ClO2/c1-9(2)6(4-5-10)7(9)8(11)12-3/h4-7H,1-3H3/b5-4+. The normalized spacial score (nSPS) is 32.0. The number of carbonyl (C=O) groups is 1. The molecule has 1 saturated carbocycles. The van der Waals surface area contributed by atoms with Crippen molar-refractivity contribution in [2.24, 2.45) is 17.3 Å². The number of halogens is 1. The Morgan fingerprint density at radius 3 is 2.58 bits per heavy atom. The summed E-state index contributed by atoms with van der Waals surface area (Å²) in [6.45, 7) is 4.08. The predicted molar refractivity (Wildman–Crippen MR) is 47.8 cm³/mol. The number of hydrogen-bond acceptors (Lipinski definition) is 2. The van der Waals surface area contributed by atoms with Crippen molar-refractivity contribution < 1.29 is 9.53 Å². The monoisotopic (exact) mass is 188 g/mol. The zero-order valence-corrected chi connectivity index (χ0v) is 8.26. The van der Waals surface area contributed by atoms with Crippen molar-refractivity contribution in [3.63, 3.8) is 0 Å². The maximum Gasteiger partial charge on any atom is 0.309 e. The van der Waals surface area contributed by atoms with Crippen LogP contribution in [0.5, 0.6) is 0 Å². The molecule has 0 amide bonds. The molecule has 0 spiro atoms. The fourth-order valence-corrected chi connectivity index (χ4v) is 1.85. The van der Waals surface area contributed by atoms with Crippen LogP contribution in [0.25, 0.3) is 0 Å². The molecule has 2 unspecified atom stereocenters. The molecule has 0 saturated heterocycles. The number of ether oxygens (including phenoxy) is 1. The Morgan fingerprint density at radius 2 is 2.17 bits per heavy atom. The minimum absolute atomic E-state index is 0.0124. The Kier molecular flexibility index (Phi) is 2.47. The number of rotatable bonds is 2. The lowest BCUT2D eigenvalue weighted by molar-refractivity contribution is -0.143. The maximum atomic E-state index is 11.2. The van der Waals surface area contributed by atoms with E-state index in [0.717, 1.165) is 0 Å². The van der Waals surface area contributed by atoms with E-state index in [-0.39, 0.29) is 23.2 Å². The fourth-order valence-electron chi connectivity index (χ4n) is 1.69. The molecule has 0 radical (unpaired) electrons. The Hall–Kier alpha value is -0.500. The molecule has 1 fully saturated rings. The quantitative estimate of drug-likeness (QED) is 0.621. The number of hydrogen-bond donors (Lipinski definition) is 0. The molecule has 1 rings (SSSR count). The first kappa shape index (κ1) is 9.59. The average Bonchev–Trinajstić information content (AvgIpc) is 2.53. The molecule has 3 heteroatoms. The third-order valence-electron chi connectivity index (χ3n) is 2.65. The molecule has 2 atom stereocenters. The van der Waals surface area contributed by atoms with Crippen LogP contribution in [-0.4, -0.2) is 13.1 Å². The van der Waals surface area contributed by atoms with E-state index in [1.165, 1.54) is 12.6 Å². The Labute approximate surface area is 77.5 Å². The van der Waals surface area contributed by atoms with E-state index >= 15 is 0 Å². The number of carbonyl (C=O) groups excluding carboxylic acids is 1. The third kappa shape index (κ3) is 1.36. The van der Waals surface area contributed by atoms with Crippen LogP contribution in [0.1, 0.15) is 13.8 Å². The van der Waals surface area contributed by atoms with Crippen molar-refractivity contribution in [1.82, 2.24) is 0 Å². The summed E-state index contributed by atoms with van der Waals surface area (Å²) in [4.78, 5) is 11.2. The average molecular weight is 189 g/mol. The summed E-state index contributed by atoms with van der Waals surface area (Å²) in [7, 11) is 1.41. The van der Waals surface area contributed by atoms with Gasteiger partial charge in [0.05, 0.1) is 13.0 Å². The maximum absolute atomic E-state index is 11.2. The summed E-state index contributed by atoms with van der Waals surface area (Å²) in [5, 5.41) is 0. The smallest absolute Gasteiger partial charge is 0.309 e. The predicted octanol–water partition coefficient (Wildman–Crippen LogP) is 2.18. The molecule has 1 aliphatic rings. The van der Waals surface area contributed by atoms with Crippen molar-refractivity contribution in [1.29, 1.82) is 0 Å². The van der Waals surface area contributed by atoms with E-state index in [2.05, 4.69) is 4.74 Å². The highest BCUT2D eigenvalue weighted by Crippen LogP contribution is 2.59. The van der Waals surface area contributed by atoms with Gasteiger partial charge in [0, 0.05) is 5.54 Å². The van der Waals surface area contributed by atoms with Gasteiger partial charge in [-0.15, -0.1) is 0 Å². The van der Waals surface area contributed by atoms with Crippen molar-refractivity contribution in [3.8, 4) is 0 Å². The van der Waals surface area contributed by atoms with Crippen molar-refractivity contribution in [2.75, 3.05) is 7.11 Å². The van der Waals surface area contributed by atoms with Crippen LogP contribution in [0, 0.1) is 17.3 Å². The lowest BCUT2D eigenvalue weighted by atomic mass is 10.1. The molecule has 0 aliphatic heterocycles. The first-order valence-electron chi connectivity index (χ1n) is 3.90. The van der Waals surface area contributed by atoms with Gasteiger partial charge in [0.2, 0.25) is 0 Å². The second-order valence-electron chi connectivity index (χ2n) is 3.67. The van der Waals surface area contributed by atoms with Crippen LogP contribution in [0.15, 0.2) is 11.6 Å². The van der Waals surface area contributed by atoms with Crippen molar-refractivity contribution in [2.45, 2.75) is 13.8 Å². The minimum atomic E-state index is -0.139. The molecule has 0 aromatic carbocycles. The molecule has 0 N–H and O–H groups in total. The van der Waals surface area contributed by atoms with E-state index in [0.29, 0.717) is 0 Å². The lowest BCUT2D eigenvalue weighted by Gasteiger charge is -1.98. The largest absolute Gasteiger partial charge is 0.469 e. The molecule has 0 aromatic rings. The van der Waals surface area contributed by atoms with E-state index in [1.807, 2.05) is 19.9 Å². The van der Waals surface area contributed by atoms with Gasteiger partial charge >= 0.3 is 5.97 Å². The summed E-state index contributed by atoms with van der Waals surface area (Å²) < 4.78 is 4.67. The van der Waals surface area contributed by atoms with Gasteiger partial charge in [-0.3, -0.25) is 4.79 Å². The number of methoxy groups -OCH3 is 1. The fraction of sp³-hybridized carbons (Fsp3) is 0.667. The molecule has 1 aliphatic carbocycles. The molecule has 0 heterocycles. The van der Waals surface area contributed by atoms with Crippen molar-refractivity contribution >= 4 is 17.6 Å². The van der Waals surface area contributed by atoms with Gasteiger partial charge in [-0.25, -0.2) is 0 Å². The molecule has 0 bridgehead atoms. The second-order valence-corrected chi connectivity index (χ2v) is 3.92. The topological polar surface area (TPSA) is 26.3 Å². The van der Waals surface area contributed by atoms with E-state index in [1.54, 1.807) is 0 Å². The molecule has 68 valence electrons. The second kappa shape index (κ2) is 3.09. The first-order valence-corrected chi connectivity index (χ1v) is 4.34. The molecule has 0 aromatic heterocycles. The summed E-state index contributed by atoms with van der Waals surface area (Å²) >= 11 is 5.44. The van der Waals surface area contributed by atoms with Crippen LogP contribution in [0.4, 0.5) is 0 Å². The first-order chi connectivity index (χ1) is 5.55. The van der Waals surface area contributed by atoms with Gasteiger partial charge in [0.1, 0.15) is 0 Å². The van der Waals surface area contributed by atoms with Gasteiger partial charge < -0.3 is 4.74 Å². The van der Waals surface area contributed by atoms with Crippen LogP contribution in [0.2, 0.25) is 0 Å². The number of allylic oxidation sites excluding steroid dienone is 1. The molecular formula is C9H13ClO2. The van der Waals surface area contributed by atoms with E-state index < -0.39 is 0 Å². The van der Waals surface area contributed by atoms with Crippen LogP contribution < -0.4 is 0 Å². The van der Waals surface area contributed by atoms with Crippen LogP contribution in [-0.2, 0) is 9.53 Å². The Balaban J connectivity index is 2.66. The highest BCUT2D eigenvalue weighted by atomic mass is 35.5. The van der Waals surface area contributed by atoms with Gasteiger partial charge in [-0.2, -0.15) is 0 Å². The highest BCUT2D eigenvalue weighted by Gasteiger charge is 2.61. The third-order valence-corrected chi connectivity index (χ3v) is 2.79. The summed E-state index contributed by atoms with van der Waals surface area (Å²) in [5.74, 6) is 0.0831. The van der Waals surface area contributed by atoms with Gasteiger partial charge in [0.15, 0.2) is 0 Å². The molecule has 2 nitrogen and oxygen atoms in total. The van der Waals surface area contributed by atoms with E-state index in [4.69, 9.17) is 11.6 Å². The van der Waals surface area contributed by atoms with Crippen molar-refractivity contribution in [3.05, 3.63) is 11.6 Å². The summed E-state index contributed by atoms with van der Waals surface area (Å²) in [6.07, 6.45) is 1.85. The SMILES string of the molecule is COC(=O)C1C(/C=C/Cl)C1(C)C. The van der Waals surface area contributed by atoms with Crippen LogP contribution in [0.3, 0.4) is 0 Å². The zero-order valence-electron chi connectivity index (χ0n) is 7.50. The van der Waals surface area contributed by atoms with Gasteiger partial charge in [-0.1, -0.05) is 31.5 Å². The van der Waals surface area contributed by atoms with E-state index in [9.17, 15) is 4.79 Å². The minimum Gasteiger partial charge on any atom is -0.469 e. The zero-order chi connectivity index (χ0) is 9.35. The summed E-state index contributed by atoms with van der Waals surface area (Å²) in [6, 6.07) is 0.